The third-order valence-corrected chi connectivity index (χ3v) is 2.85. The van der Waals surface area contributed by atoms with Crippen LogP contribution in [0.25, 0.3) is 0 Å². The van der Waals surface area contributed by atoms with Gasteiger partial charge in [0.2, 0.25) is 0 Å². The lowest BCUT2D eigenvalue weighted by molar-refractivity contribution is -0.0248. The third-order valence-electron chi connectivity index (χ3n) is 2.85. The summed E-state index contributed by atoms with van der Waals surface area (Å²) in [5.41, 5.74) is 0. The first kappa shape index (κ1) is 15.6. The highest BCUT2D eigenvalue weighted by Gasteiger charge is 2.26. The minimum Gasteiger partial charge on any atom is -0.438 e. The fraction of sp³-hybridized carbons (Fsp3) is 0.846. The Bertz CT molecular complexity index is 294. The van der Waals surface area contributed by atoms with Crippen molar-refractivity contribution in [3.05, 3.63) is 0 Å². The summed E-state index contributed by atoms with van der Waals surface area (Å²) in [6.45, 7) is 4.28. The SMILES string of the molecule is COC(=O)OC1CCC(OC(=O)OCC(C)C)CC1. The van der Waals surface area contributed by atoms with Crippen LogP contribution in [0.5, 0.6) is 0 Å². The maximum Gasteiger partial charge on any atom is 0.508 e. The van der Waals surface area contributed by atoms with Crippen LogP contribution < -0.4 is 0 Å². The van der Waals surface area contributed by atoms with Gasteiger partial charge in [-0.1, -0.05) is 13.8 Å². The van der Waals surface area contributed by atoms with Gasteiger partial charge in [0.25, 0.3) is 0 Å². The van der Waals surface area contributed by atoms with Crippen LogP contribution in [0.15, 0.2) is 0 Å². The predicted molar refractivity (Wildman–Crippen MR) is 66.8 cm³/mol. The Kier molecular flexibility index (Phi) is 6.45. The summed E-state index contributed by atoms with van der Waals surface area (Å²) >= 11 is 0. The summed E-state index contributed by atoms with van der Waals surface area (Å²) in [5, 5.41) is 0. The van der Waals surface area contributed by atoms with E-state index in [1.807, 2.05) is 13.8 Å². The Morgan fingerprint density at radius 3 is 1.89 bits per heavy atom. The van der Waals surface area contributed by atoms with Crippen molar-refractivity contribution in [3.63, 3.8) is 0 Å². The lowest BCUT2D eigenvalue weighted by Crippen LogP contribution is -2.30. The molecule has 0 aliphatic heterocycles. The third kappa shape index (κ3) is 6.31. The molecule has 1 saturated carbocycles. The summed E-state index contributed by atoms with van der Waals surface area (Å²) in [4.78, 5) is 22.3. The van der Waals surface area contributed by atoms with Crippen molar-refractivity contribution < 1.29 is 28.5 Å². The molecule has 110 valence electrons. The molecule has 0 N–H and O–H groups in total. The Balaban J connectivity index is 2.19. The van der Waals surface area contributed by atoms with Gasteiger partial charge in [-0.05, 0) is 31.6 Å². The van der Waals surface area contributed by atoms with E-state index in [0.717, 1.165) is 0 Å². The van der Waals surface area contributed by atoms with Gasteiger partial charge in [-0.3, -0.25) is 0 Å². The maximum atomic E-state index is 11.4. The van der Waals surface area contributed by atoms with Crippen molar-refractivity contribution in [3.8, 4) is 0 Å². The summed E-state index contributed by atoms with van der Waals surface area (Å²) in [7, 11) is 1.28. The number of carbonyl (C=O) groups excluding carboxylic acids is 2. The number of carbonyl (C=O) groups is 2. The smallest absolute Gasteiger partial charge is 0.438 e. The monoisotopic (exact) mass is 274 g/mol. The molecule has 1 rings (SSSR count). The zero-order valence-electron chi connectivity index (χ0n) is 11.7. The summed E-state index contributed by atoms with van der Waals surface area (Å²) in [6, 6.07) is 0. The number of ether oxygens (including phenoxy) is 4. The topological polar surface area (TPSA) is 71.1 Å². The molecule has 0 amide bonds. The average molecular weight is 274 g/mol. The molecule has 19 heavy (non-hydrogen) atoms. The van der Waals surface area contributed by atoms with Gasteiger partial charge in [0.15, 0.2) is 0 Å². The van der Waals surface area contributed by atoms with E-state index in [1.165, 1.54) is 7.11 Å². The maximum absolute atomic E-state index is 11.4. The Morgan fingerprint density at radius 2 is 1.47 bits per heavy atom. The minimum atomic E-state index is -0.666. The normalized spacial score (nSPS) is 22.7. The van der Waals surface area contributed by atoms with Crippen molar-refractivity contribution in [2.75, 3.05) is 13.7 Å². The summed E-state index contributed by atoms with van der Waals surface area (Å²) in [5.74, 6) is 0.289. The Hall–Kier alpha value is -1.46. The molecule has 0 heterocycles. The Morgan fingerprint density at radius 1 is 1.00 bits per heavy atom. The molecule has 0 aromatic rings. The van der Waals surface area contributed by atoms with Crippen LogP contribution in [-0.2, 0) is 18.9 Å². The van der Waals surface area contributed by atoms with Crippen LogP contribution in [0, 0.1) is 5.92 Å². The van der Waals surface area contributed by atoms with Gasteiger partial charge in [0.05, 0.1) is 13.7 Å². The van der Waals surface area contributed by atoms with Crippen LogP contribution in [-0.4, -0.2) is 38.2 Å². The molecule has 6 heteroatoms. The van der Waals surface area contributed by atoms with Crippen molar-refractivity contribution in [2.24, 2.45) is 5.92 Å². The average Bonchev–Trinajstić information content (AvgIpc) is 2.38. The lowest BCUT2D eigenvalue weighted by atomic mass is 9.95. The molecule has 0 atom stereocenters. The number of methoxy groups -OCH3 is 1. The van der Waals surface area contributed by atoms with Crippen molar-refractivity contribution in [1.29, 1.82) is 0 Å². The van der Waals surface area contributed by atoms with E-state index in [4.69, 9.17) is 14.2 Å². The van der Waals surface area contributed by atoms with Gasteiger partial charge in [-0.2, -0.15) is 0 Å². The fourth-order valence-electron chi connectivity index (χ4n) is 1.86. The first-order chi connectivity index (χ1) is 9.01. The molecular weight excluding hydrogens is 252 g/mol. The molecule has 1 aliphatic carbocycles. The van der Waals surface area contributed by atoms with E-state index in [0.29, 0.717) is 32.3 Å². The lowest BCUT2D eigenvalue weighted by Gasteiger charge is -2.27. The Labute approximate surface area is 113 Å². The van der Waals surface area contributed by atoms with E-state index >= 15 is 0 Å². The molecular formula is C13H22O6. The van der Waals surface area contributed by atoms with Crippen LogP contribution in [0.3, 0.4) is 0 Å². The fourth-order valence-corrected chi connectivity index (χ4v) is 1.86. The van der Waals surface area contributed by atoms with Crippen LogP contribution in [0.2, 0.25) is 0 Å². The molecule has 0 aromatic carbocycles. The second-order valence-corrected chi connectivity index (χ2v) is 5.04. The zero-order valence-corrected chi connectivity index (χ0v) is 11.7. The van der Waals surface area contributed by atoms with Gasteiger partial charge in [-0.25, -0.2) is 9.59 Å². The minimum absolute atomic E-state index is 0.154. The summed E-state index contributed by atoms with van der Waals surface area (Å²) < 4.78 is 19.6. The van der Waals surface area contributed by atoms with Crippen molar-refractivity contribution >= 4 is 12.3 Å². The van der Waals surface area contributed by atoms with Crippen molar-refractivity contribution in [1.82, 2.24) is 0 Å². The first-order valence-electron chi connectivity index (χ1n) is 6.59. The molecule has 6 nitrogen and oxygen atoms in total. The standard InChI is InChI=1S/C13H22O6/c1-9(2)8-17-13(15)19-11-6-4-10(5-7-11)18-12(14)16-3/h9-11H,4-8H2,1-3H3. The quantitative estimate of drug-likeness (QED) is 0.734. The molecule has 0 radical (unpaired) electrons. The largest absolute Gasteiger partial charge is 0.508 e. The molecule has 0 unspecified atom stereocenters. The van der Waals surface area contributed by atoms with Crippen LogP contribution >= 0.6 is 0 Å². The van der Waals surface area contributed by atoms with Gasteiger partial charge in [-0.15, -0.1) is 0 Å². The highest BCUT2D eigenvalue weighted by atomic mass is 16.7. The highest BCUT2D eigenvalue weighted by Crippen LogP contribution is 2.24. The summed E-state index contributed by atoms with van der Waals surface area (Å²) in [6.07, 6.45) is 1.06. The van der Waals surface area contributed by atoms with E-state index in [9.17, 15) is 9.59 Å². The molecule has 1 aliphatic rings. The first-order valence-corrected chi connectivity index (χ1v) is 6.59. The predicted octanol–water partition coefficient (Wildman–Crippen LogP) is 2.89. The molecule has 0 saturated heterocycles. The van der Waals surface area contributed by atoms with Gasteiger partial charge in [0, 0.05) is 0 Å². The second kappa shape index (κ2) is 7.86. The van der Waals surface area contributed by atoms with E-state index in [-0.39, 0.29) is 18.1 Å². The number of hydrogen-bond donors (Lipinski definition) is 0. The molecule has 0 bridgehead atoms. The number of rotatable bonds is 4. The zero-order chi connectivity index (χ0) is 14.3. The number of hydrogen-bond acceptors (Lipinski definition) is 6. The van der Waals surface area contributed by atoms with Gasteiger partial charge >= 0.3 is 12.3 Å². The van der Waals surface area contributed by atoms with Crippen LogP contribution in [0.1, 0.15) is 39.5 Å². The van der Waals surface area contributed by atoms with Gasteiger partial charge in [0.1, 0.15) is 12.2 Å². The van der Waals surface area contributed by atoms with E-state index < -0.39 is 12.3 Å². The van der Waals surface area contributed by atoms with E-state index in [2.05, 4.69) is 4.74 Å². The van der Waals surface area contributed by atoms with Crippen molar-refractivity contribution in [2.45, 2.75) is 51.7 Å². The molecule has 1 fully saturated rings. The highest BCUT2D eigenvalue weighted by molar-refractivity contribution is 5.60. The molecule has 0 spiro atoms. The second-order valence-electron chi connectivity index (χ2n) is 5.04. The van der Waals surface area contributed by atoms with Crippen LogP contribution in [0.4, 0.5) is 9.59 Å². The molecule has 0 aromatic heterocycles. The van der Waals surface area contributed by atoms with Gasteiger partial charge < -0.3 is 18.9 Å². The van der Waals surface area contributed by atoms with E-state index in [1.54, 1.807) is 0 Å².